The number of benzene rings is 1. The average Bonchev–Trinajstić information content (AvgIpc) is 2.36. The third kappa shape index (κ3) is 2.04. The number of aromatic nitrogens is 1. The van der Waals surface area contributed by atoms with Crippen molar-refractivity contribution < 1.29 is 17.9 Å². The van der Waals surface area contributed by atoms with E-state index in [4.69, 9.17) is 16.3 Å². The minimum Gasteiger partial charge on any atom is -0.475 e. The predicted molar refractivity (Wildman–Crippen MR) is 64.1 cm³/mol. The number of nitrogens with zero attached hydrogens (tertiary/aromatic N) is 1. The number of hydrogen-bond acceptors (Lipinski definition) is 2. The summed E-state index contributed by atoms with van der Waals surface area (Å²) < 4.78 is 44.1. The predicted octanol–water partition coefficient (Wildman–Crippen LogP) is 4.40. The highest BCUT2D eigenvalue weighted by atomic mass is 35.5. The molecule has 0 amide bonds. The maximum absolute atomic E-state index is 13.0. The van der Waals surface area contributed by atoms with Gasteiger partial charge in [0.15, 0.2) is 0 Å². The molecule has 6 heteroatoms. The summed E-state index contributed by atoms with van der Waals surface area (Å²) >= 11 is 5.78. The molecule has 0 radical (unpaired) electrons. The highest BCUT2D eigenvalue weighted by molar-refractivity contribution is 6.30. The van der Waals surface area contributed by atoms with E-state index in [1.807, 2.05) is 0 Å². The number of fused-ring (bicyclic) bond motifs is 3. The van der Waals surface area contributed by atoms with Gasteiger partial charge in [0.1, 0.15) is 5.75 Å². The minimum atomic E-state index is -4.50. The molecule has 1 aliphatic heterocycles. The van der Waals surface area contributed by atoms with E-state index in [9.17, 15) is 13.2 Å². The van der Waals surface area contributed by atoms with Crippen LogP contribution in [0.25, 0.3) is 11.3 Å². The molecule has 2 nitrogen and oxygen atoms in total. The van der Waals surface area contributed by atoms with Gasteiger partial charge < -0.3 is 4.74 Å². The van der Waals surface area contributed by atoms with Crippen molar-refractivity contribution in [2.75, 3.05) is 0 Å². The molecule has 0 N–H and O–H groups in total. The monoisotopic (exact) mass is 285 g/mol. The zero-order valence-corrected chi connectivity index (χ0v) is 10.2. The fraction of sp³-hybridized carbons (Fsp3) is 0.154. The first-order valence-electron chi connectivity index (χ1n) is 5.45. The largest absolute Gasteiger partial charge is 0.475 e. The molecular formula is C13H7ClF3NO. The molecule has 0 spiro atoms. The molecule has 1 aromatic heterocycles. The van der Waals surface area contributed by atoms with Crippen molar-refractivity contribution in [2.45, 2.75) is 12.3 Å². The van der Waals surface area contributed by atoms with Gasteiger partial charge in [-0.15, -0.1) is 0 Å². The highest BCUT2D eigenvalue weighted by Gasteiger charge is 2.46. The Morgan fingerprint density at radius 3 is 2.74 bits per heavy atom. The van der Waals surface area contributed by atoms with E-state index in [0.29, 0.717) is 10.6 Å². The van der Waals surface area contributed by atoms with Gasteiger partial charge in [-0.1, -0.05) is 17.7 Å². The van der Waals surface area contributed by atoms with Crippen molar-refractivity contribution in [3.05, 3.63) is 47.1 Å². The summed E-state index contributed by atoms with van der Waals surface area (Å²) in [5.41, 5.74) is 0.813. The van der Waals surface area contributed by atoms with E-state index in [-0.39, 0.29) is 17.0 Å². The molecule has 0 saturated heterocycles. The van der Waals surface area contributed by atoms with Crippen LogP contribution in [0, 0.1) is 0 Å². The molecule has 1 atom stereocenters. The number of hydrogen-bond donors (Lipinski definition) is 0. The number of rotatable bonds is 0. The second-order valence-corrected chi connectivity index (χ2v) is 4.56. The second kappa shape index (κ2) is 4.13. The summed E-state index contributed by atoms with van der Waals surface area (Å²) in [5, 5.41) is 0.319. The van der Waals surface area contributed by atoms with Gasteiger partial charge in [-0.3, -0.25) is 4.98 Å². The van der Waals surface area contributed by atoms with Crippen LogP contribution in [0.15, 0.2) is 36.5 Å². The summed E-state index contributed by atoms with van der Waals surface area (Å²) in [6, 6.07) is 7.40. The van der Waals surface area contributed by atoms with Gasteiger partial charge in [0.05, 0.1) is 5.69 Å². The van der Waals surface area contributed by atoms with Gasteiger partial charge in [0, 0.05) is 22.3 Å². The SMILES string of the molecule is FC(F)(F)C1Oc2cc(Cl)ccc2-c2ncccc21. The van der Waals surface area contributed by atoms with Crippen LogP contribution in [0.2, 0.25) is 5.02 Å². The Bertz CT molecular complexity index is 642. The van der Waals surface area contributed by atoms with Crippen LogP contribution in [0.4, 0.5) is 13.2 Å². The van der Waals surface area contributed by atoms with Crippen LogP contribution in [0.1, 0.15) is 11.7 Å². The van der Waals surface area contributed by atoms with Crippen LogP contribution in [-0.2, 0) is 0 Å². The highest BCUT2D eigenvalue weighted by Crippen LogP contribution is 2.47. The second-order valence-electron chi connectivity index (χ2n) is 4.12. The molecule has 0 bridgehead atoms. The normalized spacial score (nSPS) is 17.4. The van der Waals surface area contributed by atoms with Crippen molar-refractivity contribution in [3.8, 4) is 17.0 Å². The van der Waals surface area contributed by atoms with Crippen LogP contribution < -0.4 is 4.74 Å². The van der Waals surface area contributed by atoms with Crippen molar-refractivity contribution in [1.82, 2.24) is 4.98 Å². The standard InChI is InChI=1S/C13H7ClF3NO/c14-7-3-4-8-10(6-7)19-12(13(15,16)17)9-2-1-5-18-11(8)9/h1-6,12H. The molecule has 2 heterocycles. The molecule has 3 rings (SSSR count). The van der Waals surface area contributed by atoms with Crippen molar-refractivity contribution in [2.24, 2.45) is 0 Å². The lowest BCUT2D eigenvalue weighted by Crippen LogP contribution is -2.29. The quantitative estimate of drug-likeness (QED) is 0.716. The van der Waals surface area contributed by atoms with Crippen molar-refractivity contribution in [1.29, 1.82) is 0 Å². The molecule has 19 heavy (non-hydrogen) atoms. The van der Waals surface area contributed by atoms with Gasteiger partial charge in [0.25, 0.3) is 0 Å². The van der Waals surface area contributed by atoms with Crippen molar-refractivity contribution >= 4 is 11.6 Å². The summed E-state index contributed by atoms with van der Waals surface area (Å²) in [6.07, 6.45) is -5.06. The fourth-order valence-corrected chi connectivity index (χ4v) is 2.24. The van der Waals surface area contributed by atoms with Gasteiger partial charge >= 0.3 is 6.18 Å². The lowest BCUT2D eigenvalue weighted by Gasteiger charge is -2.29. The van der Waals surface area contributed by atoms with Crippen molar-refractivity contribution in [3.63, 3.8) is 0 Å². The smallest absolute Gasteiger partial charge is 0.429 e. The molecular weight excluding hydrogens is 279 g/mol. The zero-order chi connectivity index (χ0) is 13.6. The Labute approximate surface area is 111 Å². The summed E-state index contributed by atoms with van der Waals surface area (Å²) in [6.45, 7) is 0. The maximum Gasteiger partial charge on any atom is 0.429 e. The molecule has 1 aromatic carbocycles. The molecule has 0 saturated carbocycles. The van der Waals surface area contributed by atoms with Gasteiger partial charge in [-0.25, -0.2) is 0 Å². The molecule has 1 unspecified atom stereocenters. The van der Waals surface area contributed by atoms with Crippen LogP contribution in [0.5, 0.6) is 5.75 Å². The first kappa shape index (κ1) is 12.3. The van der Waals surface area contributed by atoms with E-state index in [1.165, 1.54) is 24.4 Å². The lowest BCUT2D eigenvalue weighted by atomic mass is 9.97. The number of halogens is 4. The molecule has 2 aromatic rings. The van der Waals surface area contributed by atoms with E-state index in [2.05, 4.69) is 4.98 Å². The van der Waals surface area contributed by atoms with Gasteiger partial charge in [-0.2, -0.15) is 13.2 Å². The van der Waals surface area contributed by atoms with Gasteiger partial charge in [0.2, 0.25) is 6.10 Å². The summed E-state index contributed by atoms with van der Waals surface area (Å²) in [4.78, 5) is 4.03. The Kier molecular flexibility index (Phi) is 2.67. The average molecular weight is 286 g/mol. The maximum atomic E-state index is 13.0. The lowest BCUT2D eigenvalue weighted by molar-refractivity contribution is -0.198. The Morgan fingerprint density at radius 2 is 2.00 bits per heavy atom. The Hall–Kier alpha value is -1.75. The zero-order valence-electron chi connectivity index (χ0n) is 9.41. The summed E-state index contributed by atoms with van der Waals surface area (Å²) in [5.74, 6) is 0.0982. The topological polar surface area (TPSA) is 22.1 Å². The number of alkyl halides is 3. The fourth-order valence-electron chi connectivity index (χ4n) is 2.08. The third-order valence-corrected chi connectivity index (χ3v) is 3.10. The molecule has 0 fully saturated rings. The molecule has 0 aliphatic carbocycles. The van der Waals surface area contributed by atoms with Crippen LogP contribution in [-0.4, -0.2) is 11.2 Å². The van der Waals surface area contributed by atoms with E-state index in [1.54, 1.807) is 12.1 Å². The van der Waals surface area contributed by atoms with Gasteiger partial charge in [-0.05, 0) is 24.3 Å². The number of pyridine rings is 1. The third-order valence-electron chi connectivity index (χ3n) is 2.86. The Balaban J connectivity index is 2.23. The number of ether oxygens (including phenoxy) is 1. The first-order valence-corrected chi connectivity index (χ1v) is 5.83. The van der Waals surface area contributed by atoms with E-state index >= 15 is 0 Å². The summed E-state index contributed by atoms with van der Waals surface area (Å²) in [7, 11) is 0. The van der Waals surface area contributed by atoms with E-state index in [0.717, 1.165) is 0 Å². The van der Waals surface area contributed by atoms with E-state index < -0.39 is 12.3 Å². The first-order chi connectivity index (χ1) is 8.97. The van der Waals surface area contributed by atoms with Crippen LogP contribution in [0.3, 0.4) is 0 Å². The Morgan fingerprint density at radius 1 is 1.21 bits per heavy atom. The minimum absolute atomic E-state index is 0.0184. The molecule has 98 valence electrons. The molecule has 1 aliphatic rings. The van der Waals surface area contributed by atoms with Crippen LogP contribution >= 0.6 is 11.6 Å².